The van der Waals surface area contributed by atoms with Crippen molar-refractivity contribution in [1.29, 1.82) is 0 Å². The average molecular weight is 410 g/mol. The van der Waals surface area contributed by atoms with Gasteiger partial charge >= 0.3 is 0 Å². The maximum absolute atomic E-state index is 13.2. The Balaban J connectivity index is 1.67. The molecule has 1 heterocycles. The van der Waals surface area contributed by atoms with Crippen LogP contribution in [0.4, 0.5) is 4.39 Å². The van der Waals surface area contributed by atoms with E-state index in [0.717, 1.165) is 23.4 Å². The van der Waals surface area contributed by atoms with Crippen LogP contribution in [-0.2, 0) is 13.1 Å². The van der Waals surface area contributed by atoms with Crippen LogP contribution in [0, 0.1) is 5.82 Å². The summed E-state index contributed by atoms with van der Waals surface area (Å²) in [5.74, 6) is 0.596. The predicted molar refractivity (Wildman–Crippen MR) is 116 cm³/mol. The molecule has 0 aliphatic rings. The van der Waals surface area contributed by atoms with Crippen LogP contribution < -0.4 is 10.2 Å². The summed E-state index contributed by atoms with van der Waals surface area (Å²) in [7, 11) is 0. The molecule has 0 aliphatic carbocycles. The molecule has 1 aromatic heterocycles. The highest BCUT2D eigenvalue weighted by atomic mass is 19.1. The summed E-state index contributed by atoms with van der Waals surface area (Å²) in [5, 5.41) is 2.98. The summed E-state index contributed by atoms with van der Waals surface area (Å²) in [6.45, 7) is 9.78. The standard InChI is InChI=1S/C25H29FN2O2/c1-18(20-8-6-5-7-9-20)27-24(29)23-15-14-22(30-23)17-28(25(2,3)4)16-19-10-12-21(26)13-11-19/h5-15,18H,16-17H2,1-4H3,(H,27,29)/p+1/t18-/m0/s1. The van der Waals surface area contributed by atoms with Crippen LogP contribution >= 0.6 is 0 Å². The molecule has 3 aromatic rings. The Labute approximate surface area is 177 Å². The maximum atomic E-state index is 13.2. The van der Waals surface area contributed by atoms with Crippen molar-refractivity contribution < 1.29 is 18.5 Å². The third-order valence-electron chi connectivity index (χ3n) is 5.31. The smallest absolute Gasteiger partial charge is 0.287 e. The molecular formula is C25H30FN2O2+. The maximum Gasteiger partial charge on any atom is 0.287 e. The topological polar surface area (TPSA) is 46.7 Å². The molecule has 0 radical (unpaired) electrons. The molecule has 0 fully saturated rings. The fourth-order valence-electron chi connectivity index (χ4n) is 3.34. The number of furan rings is 1. The number of rotatable bonds is 7. The van der Waals surface area contributed by atoms with E-state index < -0.39 is 0 Å². The summed E-state index contributed by atoms with van der Waals surface area (Å²) < 4.78 is 19.1. The van der Waals surface area contributed by atoms with Crippen molar-refractivity contribution in [3.63, 3.8) is 0 Å². The lowest BCUT2D eigenvalue weighted by Gasteiger charge is -2.31. The lowest BCUT2D eigenvalue weighted by Crippen LogP contribution is -3.16. The molecule has 2 aromatic carbocycles. The van der Waals surface area contributed by atoms with Gasteiger partial charge in [-0.3, -0.25) is 4.79 Å². The van der Waals surface area contributed by atoms with Crippen molar-refractivity contribution in [1.82, 2.24) is 5.32 Å². The zero-order valence-electron chi connectivity index (χ0n) is 18.0. The zero-order valence-corrected chi connectivity index (χ0v) is 18.0. The van der Waals surface area contributed by atoms with Crippen LogP contribution in [0.15, 0.2) is 71.1 Å². The predicted octanol–water partition coefficient (Wildman–Crippen LogP) is 4.29. The van der Waals surface area contributed by atoms with Gasteiger partial charge in [0, 0.05) is 5.56 Å². The van der Waals surface area contributed by atoms with Crippen LogP contribution in [0.2, 0.25) is 0 Å². The average Bonchev–Trinajstić information content (AvgIpc) is 3.18. The number of quaternary nitrogens is 1. The first-order chi connectivity index (χ1) is 14.2. The lowest BCUT2D eigenvalue weighted by atomic mass is 10.0. The fraction of sp³-hybridized carbons (Fsp3) is 0.320. The van der Waals surface area contributed by atoms with Crippen LogP contribution in [-0.4, -0.2) is 11.4 Å². The van der Waals surface area contributed by atoms with Gasteiger partial charge in [-0.25, -0.2) is 4.39 Å². The molecule has 0 bridgehead atoms. The molecule has 4 nitrogen and oxygen atoms in total. The Morgan fingerprint density at radius 2 is 1.67 bits per heavy atom. The Kier molecular flexibility index (Phi) is 6.73. The molecule has 158 valence electrons. The molecule has 0 spiro atoms. The highest BCUT2D eigenvalue weighted by Gasteiger charge is 2.27. The van der Waals surface area contributed by atoms with Crippen molar-refractivity contribution in [2.24, 2.45) is 0 Å². The minimum atomic E-state index is -0.234. The molecule has 0 saturated carbocycles. The van der Waals surface area contributed by atoms with Crippen molar-refractivity contribution in [3.05, 3.63) is 95.2 Å². The van der Waals surface area contributed by atoms with Crippen molar-refractivity contribution in [2.45, 2.75) is 52.4 Å². The second-order valence-corrected chi connectivity index (χ2v) is 8.71. The van der Waals surface area contributed by atoms with E-state index in [1.54, 1.807) is 6.07 Å². The Morgan fingerprint density at radius 1 is 1.00 bits per heavy atom. The number of amides is 1. The molecule has 30 heavy (non-hydrogen) atoms. The zero-order chi connectivity index (χ0) is 21.7. The largest absolute Gasteiger partial charge is 0.450 e. The minimum absolute atomic E-state index is 0.0502. The first-order valence-corrected chi connectivity index (χ1v) is 10.3. The number of carbonyl (C=O) groups excluding carboxylic acids is 1. The number of halogens is 1. The minimum Gasteiger partial charge on any atom is -0.450 e. The number of nitrogens with one attached hydrogen (secondary N) is 2. The Bertz CT molecular complexity index is 959. The van der Waals surface area contributed by atoms with E-state index in [9.17, 15) is 9.18 Å². The molecule has 2 N–H and O–H groups in total. The summed E-state index contributed by atoms with van der Waals surface area (Å²) in [6.07, 6.45) is 0. The molecule has 5 heteroatoms. The van der Waals surface area contributed by atoms with Gasteiger partial charge in [0.05, 0.1) is 11.6 Å². The van der Waals surface area contributed by atoms with E-state index in [1.165, 1.54) is 17.0 Å². The number of benzene rings is 2. The highest BCUT2D eigenvalue weighted by Crippen LogP contribution is 2.14. The third-order valence-corrected chi connectivity index (χ3v) is 5.31. The molecular weight excluding hydrogens is 379 g/mol. The molecule has 1 unspecified atom stereocenters. The first-order valence-electron chi connectivity index (χ1n) is 10.3. The summed E-state index contributed by atoms with van der Waals surface area (Å²) in [6, 6.07) is 19.9. The molecule has 0 aliphatic heterocycles. The van der Waals surface area contributed by atoms with Gasteiger partial charge in [0.15, 0.2) is 11.5 Å². The van der Waals surface area contributed by atoms with Gasteiger partial charge in [-0.2, -0.15) is 0 Å². The quantitative estimate of drug-likeness (QED) is 0.611. The van der Waals surface area contributed by atoms with Gasteiger partial charge in [-0.15, -0.1) is 0 Å². The van der Waals surface area contributed by atoms with E-state index in [2.05, 4.69) is 26.1 Å². The summed E-state index contributed by atoms with van der Waals surface area (Å²) >= 11 is 0. The number of carbonyl (C=O) groups is 1. The third kappa shape index (κ3) is 5.80. The van der Waals surface area contributed by atoms with Gasteiger partial charge in [0.25, 0.3) is 5.91 Å². The summed E-state index contributed by atoms with van der Waals surface area (Å²) in [4.78, 5) is 13.9. The van der Waals surface area contributed by atoms with Gasteiger partial charge in [0.2, 0.25) is 0 Å². The van der Waals surface area contributed by atoms with E-state index in [1.807, 2.05) is 55.5 Å². The monoisotopic (exact) mass is 409 g/mol. The summed E-state index contributed by atoms with van der Waals surface area (Å²) in [5.41, 5.74) is 2.05. The number of hydrogen-bond acceptors (Lipinski definition) is 2. The van der Waals surface area contributed by atoms with Crippen LogP contribution in [0.25, 0.3) is 0 Å². The second-order valence-electron chi connectivity index (χ2n) is 8.71. The van der Waals surface area contributed by atoms with E-state index in [4.69, 9.17) is 4.42 Å². The van der Waals surface area contributed by atoms with Crippen molar-refractivity contribution >= 4 is 5.91 Å². The van der Waals surface area contributed by atoms with Crippen molar-refractivity contribution in [2.75, 3.05) is 0 Å². The van der Waals surface area contributed by atoms with Crippen LogP contribution in [0.3, 0.4) is 0 Å². The first kappa shape index (κ1) is 21.8. The normalized spacial score (nSPS) is 13.6. The lowest BCUT2D eigenvalue weighted by molar-refractivity contribution is -0.973. The molecule has 2 atom stereocenters. The highest BCUT2D eigenvalue weighted by molar-refractivity contribution is 5.91. The Morgan fingerprint density at radius 3 is 2.30 bits per heavy atom. The van der Waals surface area contributed by atoms with Crippen LogP contribution in [0.1, 0.15) is 61.2 Å². The van der Waals surface area contributed by atoms with Crippen molar-refractivity contribution in [3.8, 4) is 0 Å². The van der Waals surface area contributed by atoms with Gasteiger partial charge in [-0.1, -0.05) is 42.5 Å². The van der Waals surface area contributed by atoms with Gasteiger partial charge in [0.1, 0.15) is 18.9 Å². The van der Waals surface area contributed by atoms with Crippen LogP contribution in [0.5, 0.6) is 0 Å². The Hall–Kier alpha value is -2.92. The van der Waals surface area contributed by atoms with E-state index in [-0.39, 0.29) is 23.3 Å². The number of hydrogen-bond donors (Lipinski definition) is 2. The molecule has 1 amide bonds. The second kappa shape index (κ2) is 9.26. The molecule has 3 rings (SSSR count). The molecule has 0 saturated heterocycles. The fourth-order valence-corrected chi connectivity index (χ4v) is 3.34. The van der Waals surface area contributed by atoms with Gasteiger partial charge in [-0.05, 0) is 57.5 Å². The van der Waals surface area contributed by atoms with Gasteiger partial charge < -0.3 is 14.6 Å². The SMILES string of the molecule is C[C@H](NC(=O)c1ccc(C[NH+](Cc2ccc(F)cc2)C(C)(C)C)o1)c1ccccc1. The van der Waals surface area contributed by atoms with E-state index in [0.29, 0.717) is 12.3 Å². The van der Waals surface area contributed by atoms with E-state index >= 15 is 0 Å².